The summed E-state index contributed by atoms with van der Waals surface area (Å²) in [5.41, 5.74) is 4.61. The number of ether oxygens (including phenoxy) is 4. The van der Waals surface area contributed by atoms with Crippen LogP contribution in [0, 0.1) is 12.7 Å². The maximum Gasteiger partial charge on any atom is 0.410 e. The third kappa shape index (κ3) is 7.20. The molecule has 5 aromatic rings. The molecule has 9 rings (SSSR count). The molecule has 3 aromatic carbocycles. The summed E-state index contributed by atoms with van der Waals surface area (Å²) in [7, 11) is 0. The fourth-order valence-electron chi connectivity index (χ4n) is 8.80. The Morgan fingerprint density at radius 3 is 2.48 bits per heavy atom. The van der Waals surface area contributed by atoms with Crippen LogP contribution in [0.5, 0.6) is 11.8 Å². The van der Waals surface area contributed by atoms with Crippen LogP contribution in [0.25, 0.3) is 32.9 Å². The van der Waals surface area contributed by atoms with Gasteiger partial charge in [0, 0.05) is 47.7 Å². The molecule has 12 nitrogen and oxygen atoms in total. The quantitative estimate of drug-likeness (QED) is 0.147. The second kappa shape index (κ2) is 15.0. The van der Waals surface area contributed by atoms with Gasteiger partial charge in [-0.05, 0) is 109 Å². The van der Waals surface area contributed by atoms with Gasteiger partial charge >= 0.3 is 12.1 Å². The Bertz CT molecular complexity index is 2350. The van der Waals surface area contributed by atoms with Gasteiger partial charge in [-0.2, -0.15) is 15.1 Å². The number of amides is 1. The summed E-state index contributed by atoms with van der Waals surface area (Å²) in [6, 6.07) is 13.7. The minimum absolute atomic E-state index is 0.0201. The van der Waals surface area contributed by atoms with E-state index in [2.05, 4.69) is 11.0 Å². The minimum Gasteiger partial charge on any atom is -0.486 e. The van der Waals surface area contributed by atoms with E-state index in [0.29, 0.717) is 47.9 Å². The lowest BCUT2D eigenvalue weighted by Crippen LogP contribution is -2.50. The number of rotatable bonds is 10. The van der Waals surface area contributed by atoms with Crippen LogP contribution < -0.4 is 14.4 Å². The lowest BCUT2D eigenvalue weighted by atomic mass is 9.88. The highest BCUT2D eigenvalue weighted by Gasteiger charge is 2.48. The lowest BCUT2D eigenvalue weighted by Gasteiger charge is -2.36. The number of anilines is 1. The Balaban J connectivity index is 1.26. The fraction of sp³-hybridized carbons (Fsp3) is 0.511. The van der Waals surface area contributed by atoms with Gasteiger partial charge in [0.1, 0.15) is 35.5 Å². The first-order chi connectivity index (χ1) is 27.8. The van der Waals surface area contributed by atoms with Crippen LogP contribution in [-0.4, -0.2) is 85.4 Å². The smallest absolute Gasteiger partial charge is 0.410 e. The van der Waals surface area contributed by atoms with Gasteiger partial charge in [-0.3, -0.25) is 0 Å². The summed E-state index contributed by atoms with van der Waals surface area (Å²) < 4.78 is 43.5. The minimum atomic E-state index is -0.789. The number of hydrogen-bond donors (Lipinski definition) is 1. The van der Waals surface area contributed by atoms with Gasteiger partial charge in [0.25, 0.3) is 0 Å². The van der Waals surface area contributed by atoms with Crippen LogP contribution in [0.2, 0.25) is 0 Å². The van der Waals surface area contributed by atoms with E-state index in [1.807, 2.05) is 73.8 Å². The zero-order valence-corrected chi connectivity index (χ0v) is 34.2. The number of benzene rings is 3. The van der Waals surface area contributed by atoms with E-state index in [4.69, 9.17) is 34.0 Å². The average Bonchev–Trinajstić information content (AvgIpc) is 3.63. The number of carbonyl (C=O) groups is 1. The van der Waals surface area contributed by atoms with E-state index < -0.39 is 17.8 Å². The van der Waals surface area contributed by atoms with Crippen molar-refractivity contribution >= 4 is 33.7 Å². The molecule has 0 spiro atoms. The summed E-state index contributed by atoms with van der Waals surface area (Å²) >= 11 is 0. The number of halogens is 1. The largest absolute Gasteiger partial charge is 0.486 e. The van der Waals surface area contributed by atoms with Crippen LogP contribution in [0.4, 0.5) is 15.0 Å². The molecule has 4 fully saturated rings. The van der Waals surface area contributed by atoms with E-state index >= 15 is 4.39 Å². The fourth-order valence-corrected chi connectivity index (χ4v) is 8.80. The number of piperazine rings is 1. The van der Waals surface area contributed by atoms with Crippen LogP contribution in [-0.2, 0) is 16.1 Å². The molecule has 3 saturated heterocycles. The third-order valence-corrected chi connectivity index (χ3v) is 12.1. The molecular formula is C45H53FN6O6. The molecule has 4 aliphatic rings. The predicted octanol–water partition coefficient (Wildman–Crippen LogP) is 8.60. The van der Waals surface area contributed by atoms with E-state index in [9.17, 15) is 9.90 Å². The molecule has 1 aliphatic carbocycles. The highest BCUT2D eigenvalue weighted by Crippen LogP contribution is 2.54. The van der Waals surface area contributed by atoms with Gasteiger partial charge in [-0.15, -0.1) is 0 Å². The predicted molar refractivity (Wildman–Crippen MR) is 219 cm³/mol. The van der Waals surface area contributed by atoms with Crippen molar-refractivity contribution < 1.29 is 33.2 Å². The monoisotopic (exact) mass is 792 g/mol. The molecule has 1 unspecified atom stereocenters. The van der Waals surface area contributed by atoms with Crippen molar-refractivity contribution in [3.8, 4) is 22.9 Å². The van der Waals surface area contributed by atoms with E-state index in [-0.39, 0.29) is 48.8 Å². The highest BCUT2D eigenvalue weighted by atomic mass is 19.1. The molecule has 2 aromatic heterocycles. The number of aliphatic hydroxyl groups excluding tert-OH is 1. The van der Waals surface area contributed by atoms with Crippen LogP contribution in [0.15, 0.2) is 48.7 Å². The lowest BCUT2D eigenvalue weighted by molar-refractivity contribution is -0.0366. The summed E-state index contributed by atoms with van der Waals surface area (Å²) in [6.07, 6.45) is 5.38. The zero-order chi connectivity index (χ0) is 40.5. The van der Waals surface area contributed by atoms with E-state index in [0.717, 1.165) is 71.6 Å². The first-order valence-electron chi connectivity index (χ1n) is 20.8. The number of fused-ring (bicyclic) bond motifs is 4. The highest BCUT2D eigenvalue weighted by molar-refractivity contribution is 6.06. The molecule has 2 bridgehead atoms. The van der Waals surface area contributed by atoms with Crippen molar-refractivity contribution in [1.29, 1.82) is 0 Å². The Morgan fingerprint density at radius 2 is 1.81 bits per heavy atom. The summed E-state index contributed by atoms with van der Waals surface area (Å²) in [5.74, 6) is 1.06. The van der Waals surface area contributed by atoms with Crippen molar-refractivity contribution in [2.75, 3.05) is 24.6 Å². The molecule has 306 valence electrons. The maximum atomic E-state index is 16.4. The summed E-state index contributed by atoms with van der Waals surface area (Å²) in [4.78, 5) is 27.5. The van der Waals surface area contributed by atoms with Gasteiger partial charge in [0.05, 0.1) is 29.9 Å². The molecule has 13 heteroatoms. The number of aromatic nitrogens is 4. The van der Waals surface area contributed by atoms with Crippen LogP contribution >= 0.6 is 0 Å². The molecule has 3 aliphatic heterocycles. The average molecular weight is 793 g/mol. The number of carbonyl (C=O) groups excluding carboxylic acids is 1. The maximum absolute atomic E-state index is 16.4. The standard InChI is InChI=1S/C45H53FN6O6/c1-25-35(46)20-36-34(21-47-52(36)37-14-10-11-17-55-37)38(25)39-32(29-15-16-29)19-33-40(41(39)56-24-28-12-8-7-9-13-28)48-43(57-27(3)26(2)53)49-42(33)50-22-31-18-30(50)23-51(31)44(54)58-45(4,5)6/h7-9,12-13,19-21,26-27,29-31,37,53H,10-11,14-18,22-24H2,1-6H3/t26-,27-,30+,31+,37?/m1/s1. The van der Waals surface area contributed by atoms with Crippen molar-refractivity contribution in [3.63, 3.8) is 0 Å². The number of hydrogen-bond acceptors (Lipinski definition) is 10. The Kier molecular flexibility index (Phi) is 9.95. The molecule has 5 atom stereocenters. The molecule has 1 N–H and O–H groups in total. The zero-order valence-electron chi connectivity index (χ0n) is 34.2. The number of nitrogens with zero attached hydrogens (tertiary/aromatic N) is 6. The normalized spacial score (nSPS) is 21.8. The second-order valence-electron chi connectivity index (χ2n) is 17.5. The van der Waals surface area contributed by atoms with Crippen molar-refractivity contribution in [2.45, 2.75) is 129 Å². The van der Waals surface area contributed by atoms with Gasteiger partial charge in [-0.1, -0.05) is 30.3 Å². The summed E-state index contributed by atoms with van der Waals surface area (Å²) in [5, 5.41) is 16.9. The molecule has 1 amide bonds. The van der Waals surface area contributed by atoms with Gasteiger partial charge in [0.15, 0.2) is 12.0 Å². The SMILES string of the molecule is Cc1c(F)cc2c(cnn2C2CCCCO2)c1-c1c(C2CC2)cc2c(N3C[C@@H]4C[C@H]3CN4C(=O)OC(C)(C)C)nc(O[C@H](C)[C@@H](C)O)nc2c1OCc1ccccc1. The van der Waals surface area contributed by atoms with E-state index in [1.54, 1.807) is 19.9 Å². The van der Waals surface area contributed by atoms with Crippen LogP contribution in [0.1, 0.15) is 102 Å². The van der Waals surface area contributed by atoms with Gasteiger partial charge < -0.3 is 33.9 Å². The van der Waals surface area contributed by atoms with Gasteiger partial charge in [-0.25, -0.2) is 13.9 Å². The molecule has 0 radical (unpaired) electrons. The molecule has 5 heterocycles. The topological polar surface area (TPSA) is 124 Å². The molecule has 58 heavy (non-hydrogen) atoms. The molecule has 1 saturated carbocycles. The first-order valence-corrected chi connectivity index (χ1v) is 20.8. The second-order valence-corrected chi connectivity index (χ2v) is 17.5. The Hall–Kier alpha value is -5.01. The number of aliphatic hydroxyl groups is 1. The van der Waals surface area contributed by atoms with Crippen molar-refractivity contribution in [2.24, 2.45) is 0 Å². The Morgan fingerprint density at radius 1 is 1.02 bits per heavy atom. The molecular weight excluding hydrogens is 740 g/mol. The third-order valence-electron chi connectivity index (χ3n) is 12.1. The van der Waals surface area contributed by atoms with E-state index in [1.165, 1.54) is 0 Å². The van der Waals surface area contributed by atoms with Crippen molar-refractivity contribution in [3.05, 3.63) is 71.2 Å². The summed E-state index contributed by atoms with van der Waals surface area (Å²) in [6.45, 7) is 12.8. The number of likely N-dealkylation sites (tertiary alicyclic amines) is 1. The van der Waals surface area contributed by atoms with Gasteiger partial charge in [0.2, 0.25) is 0 Å². The van der Waals surface area contributed by atoms with Crippen molar-refractivity contribution in [1.82, 2.24) is 24.6 Å². The Labute approximate surface area is 338 Å². The van der Waals surface area contributed by atoms with Crippen LogP contribution in [0.3, 0.4) is 0 Å². The first kappa shape index (κ1) is 38.5.